The van der Waals surface area contributed by atoms with E-state index in [9.17, 15) is 0 Å². The van der Waals surface area contributed by atoms with Crippen molar-refractivity contribution in [2.75, 3.05) is 0 Å². The molecule has 0 unspecified atom stereocenters. The molecule has 178 valence electrons. The lowest BCUT2D eigenvalue weighted by Crippen LogP contribution is -2.22. The van der Waals surface area contributed by atoms with Crippen LogP contribution in [0, 0.1) is 45.3 Å². The summed E-state index contributed by atoms with van der Waals surface area (Å²) in [6.45, 7) is 4.52. The lowest BCUT2D eigenvalue weighted by Gasteiger charge is -2.28. The molecule has 0 saturated heterocycles. The highest BCUT2D eigenvalue weighted by molar-refractivity contribution is 7.29. The summed E-state index contributed by atoms with van der Waals surface area (Å²) >= 11 is 6.82. The third-order valence-electron chi connectivity index (χ3n) is 6.70. The quantitative estimate of drug-likeness (QED) is 0.224. The van der Waals surface area contributed by atoms with Gasteiger partial charge >= 0.3 is 0 Å². The summed E-state index contributed by atoms with van der Waals surface area (Å²) in [7, 11) is 0. The third kappa shape index (κ3) is 4.15. The van der Waals surface area contributed by atoms with Gasteiger partial charge in [-0.2, -0.15) is 21.0 Å². The van der Waals surface area contributed by atoms with Crippen LogP contribution in [0.1, 0.15) is 47.6 Å². The van der Waals surface area contributed by atoms with Crippen LogP contribution in [0.25, 0.3) is 41.4 Å². The van der Waals surface area contributed by atoms with Crippen LogP contribution in [0.15, 0.2) is 47.5 Å². The zero-order chi connectivity index (χ0) is 26.2. The molecule has 0 aliphatic heterocycles. The van der Waals surface area contributed by atoms with E-state index in [1.807, 2.05) is 59.1 Å². The van der Waals surface area contributed by atoms with Crippen molar-refractivity contribution in [1.29, 1.82) is 21.0 Å². The second-order valence-electron chi connectivity index (χ2n) is 8.46. The summed E-state index contributed by atoms with van der Waals surface area (Å²) in [5.74, 6) is 0. The molecule has 0 atom stereocenters. The fourth-order valence-corrected chi connectivity index (χ4v) is 9.56. The normalized spacial score (nSPS) is 12.4. The van der Waals surface area contributed by atoms with Crippen LogP contribution in [0.4, 0.5) is 0 Å². The Labute approximate surface area is 231 Å². The molecule has 4 aromatic heterocycles. The molecule has 0 N–H and O–H groups in total. The lowest BCUT2D eigenvalue weighted by molar-refractivity contribution is 0.492. The summed E-state index contributed by atoms with van der Waals surface area (Å²) < 4.78 is 0. The van der Waals surface area contributed by atoms with Crippen molar-refractivity contribution in [3.8, 4) is 53.5 Å². The number of hydrogen-bond donors (Lipinski definition) is 0. The molecule has 4 heterocycles. The minimum Gasteiger partial charge on any atom is -0.192 e. The zero-order valence-electron chi connectivity index (χ0n) is 20.0. The van der Waals surface area contributed by atoms with E-state index in [0.717, 1.165) is 32.4 Å². The van der Waals surface area contributed by atoms with Gasteiger partial charge < -0.3 is 0 Å². The second-order valence-corrected chi connectivity index (χ2v) is 12.8. The van der Waals surface area contributed by atoms with Gasteiger partial charge in [-0.05, 0) is 72.5 Å². The van der Waals surface area contributed by atoms with Crippen LogP contribution in [0.5, 0.6) is 0 Å². The lowest BCUT2D eigenvalue weighted by atomic mass is 9.75. The molecular weight excluding hydrogens is 533 g/mol. The number of thiophene rings is 4. The van der Waals surface area contributed by atoms with Crippen LogP contribution in [-0.2, 0) is 5.41 Å². The Morgan fingerprint density at radius 1 is 0.649 bits per heavy atom. The van der Waals surface area contributed by atoms with Crippen LogP contribution in [0.3, 0.4) is 0 Å². The van der Waals surface area contributed by atoms with Crippen molar-refractivity contribution < 1.29 is 0 Å². The van der Waals surface area contributed by atoms with Gasteiger partial charge in [0.15, 0.2) is 0 Å². The maximum absolute atomic E-state index is 9.08. The second kappa shape index (κ2) is 9.95. The smallest absolute Gasteiger partial charge is 0.131 e. The summed E-state index contributed by atoms with van der Waals surface area (Å²) in [6.07, 6.45) is 5.30. The Balaban J connectivity index is 1.56. The minimum absolute atomic E-state index is 0.0300. The molecule has 0 fully saturated rings. The van der Waals surface area contributed by atoms with Gasteiger partial charge in [-0.15, -0.1) is 45.3 Å². The molecule has 5 rings (SSSR count). The number of allylic oxidation sites excluding steroid dienone is 2. The molecule has 4 aromatic rings. The summed E-state index contributed by atoms with van der Waals surface area (Å²) in [5, 5.41) is 36.3. The first-order valence-electron chi connectivity index (χ1n) is 11.5. The third-order valence-corrected chi connectivity index (χ3v) is 11.6. The van der Waals surface area contributed by atoms with Crippen molar-refractivity contribution in [2.24, 2.45) is 0 Å². The molecule has 0 aromatic carbocycles. The standard InChI is InChI=1S/C29H18N4S4/c1-3-29(4-2)21-11-25(23-7-5-19(34-23)9-17(13-30)14-31)36-27(21)28-22(29)12-26(37-28)24-8-6-20(35-24)10-18(15-32)16-33/h5-12H,3-4H2,1-2H3. The Bertz CT molecular complexity index is 1600. The van der Waals surface area contributed by atoms with E-state index in [2.05, 4.69) is 38.1 Å². The van der Waals surface area contributed by atoms with Gasteiger partial charge in [-0.1, -0.05) is 13.8 Å². The highest BCUT2D eigenvalue weighted by atomic mass is 32.1. The van der Waals surface area contributed by atoms with Crippen molar-refractivity contribution in [3.63, 3.8) is 0 Å². The zero-order valence-corrected chi connectivity index (χ0v) is 23.2. The van der Waals surface area contributed by atoms with Crippen molar-refractivity contribution in [2.45, 2.75) is 32.1 Å². The Kier molecular flexibility index (Phi) is 6.70. The van der Waals surface area contributed by atoms with E-state index >= 15 is 0 Å². The first-order valence-corrected chi connectivity index (χ1v) is 14.8. The van der Waals surface area contributed by atoms with Crippen LogP contribution < -0.4 is 0 Å². The van der Waals surface area contributed by atoms with Crippen molar-refractivity contribution >= 4 is 57.5 Å². The van der Waals surface area contributed by atoms with Gasteiger partial charge in [0.1, 0.15) is 35.4 Å². The number of nitriles is 4. The summed E-state index contributed by atoms with van der Waals surface area (Å²) in [6, 6.07) is 20.5. The van der Waals surface area contributed by atoms with E-state index in [-0.39, 0.29) is 16.6 Å². The van der Waals surface area contributed by atoms with Crippen molar-refractivity contribution in [3.05, 3.63) is 68.4 Å². The van der Waals surface area contributed by atoms with E-state index in [0.29, 0.717) is 0 Å². The van der Waals surface area contributed by atoms with Gasteiger partial charge in [0, 0.05) is 44.4 Å². The topological polar surface area (TPSA) is 95.2 Å². The number of nitrogens with zero attached hydrogens (tertiary/aromatic N) is 4. The molecule has 0 saturated carbocycles. The Hall–Kier alpha value is -3.76. The molecular formula is C29H18N4S4. The molecule has 1 aliphatic rings. The summed E-state index contributed by atoms with van der Waals surface area (Å²) in [5.41, 5.74) is 2.98. The molecule has 4 nitrogen and oxygen atoms in total. The molecule has 0 amide bonds. The maximum atomic E-state index is 9.08. The molecule has 0 spiro atoms. The van der Waals surface area contributed by atoms with E-state index < -0.39 is 0 Å². The van der Waals surface area contributed by atoms with E-state index in [1.165, 1.54) is 30.6 Å². The first kappa shape index (κ1) is 24.9. The van der Waals surface area contributed by atoms with Crippen LogP contribution in [-0.4, -0.2) is 0 Å². The SMILES string of the molecule is CCC1(CC)c2cc(-c3ccc(C=C(C#N)C#N)s3)sc2-c2sc(-c3ccc(C=C(C#N)C#N)s3)cc21. The monoisotopic (exact) mass is 550 g/mol. The molecule has 37 heavy (non-hydrogen) atoms. The maximum Gasteiger partial charge on any atom is 0.131 e. The average Bonchev–Trinajstić information content (AvgIpc) is 3.73. The predicted octanol–water partition coefficient (Wildman–Crippen LogP) is 9.21. The Morgan fingerprint density at radius 3 is 1.41 bits per heavy atom. The summed E-state index contributed by atoms with van der Waals surface area (Å²) in [4.78, 5) is 9.16. The van der Waals surface area contributed by atoms with Crippen LogP contribution >= 0.6 is 45.3 Å². The molecule has 0 bridgehead atoms. The molecule has 1 aliphatic carbocycles. The van der Waals surface area contributed by atoms with Gasteiger partial charge in [-0.25, -0.2) is 0 Å². The number of hydrogen-bond acceptors (Lipinski definition) is 8. The Morgan fingerprint density at radius 2 is 1.05 bits per heavy atom. The van der Waals surface area contributed by atoms with Gasteiger partial charge in [0.05, 0.1) is 0 Å². The predicted molar refractivity (Wildman–Crippen MR) is 154 cm³/mol. The van der Waals surface area contributed by atoms with E-state index in [1.54, 1.807) is 34.8 Å². The van der Waals surface area contributed by atoms with E-state index in [4.69, 9.17) is 21.0 Å². The minimum atomic E-state index is -0.0300. The first-order chi connectivity index (χ1) is 18.0. The fraction of sp³-hybridized carbons (Fsp3) is 0.172. The van der Waals surface area contributed by atoms with Crippen LogP contribution in [0.2, 0.25) is 0 Å². The largest absolute Gasteiger partial charge is 0.192 e. The van der Waals surface area contributed by atoms with Gasteiger partial charge in [0.2, 0.25) is 0 Å². The van der Waals surface area contributed by atoms with Gasteiger partial charge in [0.25, 0.3) is 0 Å². The molecule has 8 heteroatoms. The average molecular weight is 551 g/mol. The number of rotatable bonds is 6. The highest BCUT2D eigenvalue weighted by Gasteiger charge is 2.44. The van der Waals surface area contributed by atoms with Gasteiger partial charge in [-0.3, -0.25) is 0 Å². The highest BCUT2D eigenvalue weighted by Crippen LogP contribution is 2.61. The molecule has 0 radical (unpaired) electrons. The van der Waals surface area contributed by atoms with Crippen molar-refractivity contribution in [1.82, 2.24) is 0 Å². The number of fused-ring (bicyclic) bond motifs is 3. The fourth-order valence-electron chi connectivity index (χ4n) is 4.82.